The molecule has 1 aromatic rings. The monoisotopic (exact) mass is 314 g/mol. The van der Waals surface area contributed by atoms with E-state index < -0.39 is 22.3 Å². The highest BCUT2D eigenvalue weighted by Crippen LogP contribution is 2.28. The van der Waals surface area contributed by atoms with E-state index in [0.29, 0.717) is 12.6 Å². The Labute approximate surface area is 124 Å². The van der Waals surface area contributed by atoms with Crippen LogP contribution in [0.4, 0.5) is 15.8 Å². The van der Waals surface area contributed by atoms with Gasteiger partial charge in [0.05, 0.1) is 16.7 Å². The molecule has 3 N–H and O–H groups in total. The SMILES string of the molecule is CC1CSCCN1C(=O)c1cc(NN)c(F)cc1[N+](=O)[O-]. The number of carbonyl (C=O) groups is 1. The Morgan fingerprint density at radius 2 is 2.33 bits per heavy atom. The summed E-state index contributed by atoms with van der Waals surface area (Å²) < 4.78 is 13.6. The topological polar surface area (TPSA) is 102 Å². The number of carbonyl (C=O) groups excluding carboxylic acids is 1. The molecule has 0 bridgehead atoms. The third-order valence-corrected chi connectivity index (χ3v) is 4.49. The summed E-state index contributed by atoms with van der Waals surface area (Å²) in [5, 5.41) is 11.1. The quantitative estimate of drug-likeness (QED) is 0.499. The summed E-state index contributed by atoms with van der Waals surface area (Å²) in [6.45, 7) is 2.38. The highest BCUT2D eigenvalue weighted by Gasteiger charge is 2.30. The molecular formula is C12H15FN4O3S. The first-order valence-electron chi connectivity index (χ1n) is 6.29. The Bertz CT molecular complexity index is 584. The summed E-state index contributed by atoms with van der Waals surface area (Å²) in [5.74, 6) is 5.35. The maximum Gasteiger partial charge on any atom is 0.285 e. The van der Waals surface area contributed by atoms with Crippen LogP contribution in [0.15, 0.2) is 12.1 Å². The summed E-state index contributed by atoms with van der Waals surface area (Å²) in [5.41, 5.74) is 1.24. The fourth-order valence-electron chi connectivity index (χ4n) is 2.18. The van der Waals surface area contributed by atoms with Gasteiger partial charge < -0.3 is 10.3 Å². The lowest BCUT2D eigenvalue weighted by Crippen LogP contribution is -2.44. The lowest BCUT2D eigenvalue weighted by atomic mass is 10.1. The zero-order chi connectivity index (χ0) is 15.6. The number of nitro benzene ring substituents is 1. The standard InChI is InChI=1S/C12H15FN4O3S/c1-7-6-21-3-2-16(7)12(18)8-4-10(15-14)9(13)5-11(8)17(19)20/h4-5,7,15H,2-3,6,14H2,1H3. The van der Waals surface area contributed by atoms with Crippen LogP contribution in [-0.2, 0) is 0 Å². The number of nitrogens with zero attached hydrogens (tertiary/aromatic N) is 2. The van der Waals surface area contributed by atoms with Gasteiger partial charge in [0.1, 0.15) is 5.56 Å². The largest absolute Gasteiger partial charge is 0.334 e. The highest BCUT2D eigenvalue weighted by atomic mass is 32.2. The molecule has 21 heavy (non-hydrogen) atoms. The average Bonchev–Trinajstić information content (AvgIpc) is 2.46. The molecule has 0 radical (unpaired) electrons. The Morgan fingerprint density at radius 3 is 2.90 bits per heavy atom. The molecule has 7 nitrogen and oxygen atoms in total. The number of rotatable bonds is 3. The van der Waals surface area contributed by atoms with Gasteiger partial charge in [-0.2, -0.15) is 11.8 Å². The molecule has 1 aromatic carbocycles. The van der Waals surface area contributed by atoms with Gasteiger partial charge in [-0.05, 0) is 13.0 Å². The van der Waals surface area contributed by atoms with Crippen molar-refractivity contribution in [2.45, 2.75) is 13.0 Å². The second-order valence-electron chi connectivity index (χ2n) is 4.67. The number of nitro groups is 1. The van der Waals surface area contributed by atoms with Crippen LogP contribution in [0, 0.1) is 15.9 Å². The number of nitrogen functional groups attached to an aromatic ring is 1. The molecule has 0 aromatic heterocycles. The smallest absolute Gasteiger partial charge is 0.285 e. The molecule has 0 saturated carbocycles. The molecule has 1 amide bonds. The van der Waals surface area contributed by atoms with Crippen LogP contribution in [-0.4, -0.2) is 39.8 Å². The number of benzene rings is 1. The zero-order valence-electron chi connectivity index (χ0n) is 11.3. The van der Waals surface area contributed by atoms with Crippen molar-refractivity contribution in [1.82, 2.24) is 4.90 Å². The number of amides is 1. The molecule has 1 fully saturated rings. The first-order valence-corrected chi connectivity index (χ1v) is 7.44. The van der Waals surface area contributed by atoms with Gasteiger partial charge >= 0.3 is 0 Å². The number of anilines is 1. The third kappa shape index (κ3) is 3.08. The van der Waals surface area contributed by atoms with Crippen LogP contribution in [0.5, 0.6) is 0 Å². The fourth-order valence-corrected chi connectivity index (χ4v) is 3.19. The predicted molar refractivity (Wildman–Crippen MR) is 78.7 cm³/mol. The minimum Gasteiger partial charge on any atom is -0.334 e. The number of hydrazine groups is 1. The molecule has 0 aliphatic carbocycles. The van der Waals surface area contributed by atoms with Crippen LogP contribution in [0.2, 0.25) is 0 Å². The van der Waals surface area contributed by atoms with Crippen molar-refractivity contribution in [3.63, 3.8) is 0 Å². The summed E-state index contributed by atoms with van der Waals surface area (Å²) >= 11 is 1.72. The van der Waals surface area contributed by atoms with E-state index in [4.69, 9.17) is 5.84 Å². The van der Waals surface area contributed by atoms with E-state index in [2.05, 4.69) is 5.43 Å². The van der Waals surface area contributed by atoms with Crippen molar-refractivity contribution in [3.05, 3.63) is 33.6 Å². The Kier molecular flexibility index (Phi) is 4.63. The van der Waals surface area contributed by atoms with Crippen LogP contribution < -0.4 is 11.3 Å². The van der Waals surface area contributed by atoms with E-state index in [1.54, 1.807) is 16.7 Å². The van der Waals surface area contributed by atoms with Gasteiger partial charge in [-0.15, -0.1) is 0 Å². The van der Waals surface area contributed by atoms with Crippen molar-refractivity contribution >= 4 is 29.0 Å². The number of halogens is 1. The minimum atomic E-state index is -0.872. The van der Waals surface area contributed by atoms with Crippen molar-refractivity contribution in [1.29, 1.82) is 0 Å². The second kappa shape index (κ2) is 6.27. The molecule has 9 heteroatoms. The lowest BCUT2D eigenvalue weighted by molar-refractivity contribution is -0.385. The number of hydrogen-bond donors (Lipinski definition) is 2. The lowest BCUT2D eigenvalue weighted by Gasteiger charge is -2.33. The van der Waals surface area contributed by atoms with Gasteiger partial charge in [0, 0.05) is 24.1 Å². The molecule has 1 saturated heterocycles. The molecule has 1 aliphatic rings. The summed E-state index contributed by atoms with van der Waals surface area (Å²) in [6.07, 6.45) is 0. The van der Waals surface area contributed by atoms with Gasteiger partial charge in [0.25, 0.3) is 11.6 Å². The van der Waals surface area contributed by atoms with E-state index in [9.17, 15) is 19.3 Å². The van der Waals surface area contributed by atoms with E-state index in [1.807, 2.05) is 6.92 Å². The molecule has 0 spiro atoms. The maximum absolute atomic E-state index is 13.6. The Hall–Kier alpha value is -1.87. The van der Waals surface area contributed by atoms with Gasteiger partial charge in [-0.1, -0.05) is 0 Å². The van der Waals surface area contributed by atoms with Crippen molar-refractivity contribution in [2.75, 3.05) is 23.5 Å². The number of nitrogens with one attached hydrogen (secondary N) is 1. The summed E-state index contributed by atoms with van der Waals surface area (Å²) in [7, 11) is 0. The van der Waals surface area contributed by atoms with E-state index in [-0.39, 0.29) is 17.3 Å². The van der Waals surface area contributed by atoms with Gasteiger partial charge in [-0.25, -0.2) is 4.39 Å². The average molecular weight is 314 g/mol. The Morgan fingerprint density at radius 1 is 1.62 bits per heavy atom. The normalized spacial score (nSPS) is 18.4. The first-order chi connectivity index (χ1) is 9.95. The summed E-state index contributed by atoms with van der Waals surface area (Å²) in [6, 6.07) is 1.77. The number of thioether (sulfide) groups is 1. The molecule has 1 atom stereocenters. The zero-order valence-corrected chi connectivity index (χ0v) is 12.2. The van der Waals surface area contributed by atoms with Crippen LogP contribution in [0.3, 0.4) is 0 Å². The molecule has 2 rings (SSSR count). The Balaban J connectivity index is 2.45. The van der Waals surface area contributed by atoms with Crippen LogP contribution in [0.1, 0.15) is 17.3 Å². The predicted octanol–water partition coefficient (Wildman–Crippen LogP) is 1.60. The van der Waals surface area contributed by atoms with Gasteiger partial charge in [0.2, 0.25) is 0 Å². The summed E-state index contributed by atoms with van der Waals surface area (Å²) in [4.78, 5) is 24.4. The van der Waals surface area contributed by atoms with Crippen molar-refractivity contribution < 1.29 is 14.1 Å². The maximum atomic E-state index is 13.6. The molecular weight excluding hydrogens is 299 g/mol. The molecule has 1 unspecified atom stereocenters. The fraction of sp³-hybridized carbons (Fsp3) is 0.417. The van der Waals surface area contributed by atoms with E-state index in [1.165, 1.54) is 0 Å². The first kappa shape index (κ1) is 15.5. The van der Waals surface area contributed by atoms with Crippen LogP contribution in [0.25, 0.3) is 0 Å². The van der Waals surface area contributed by atoms with Crippen molar-refractivity contribution in [3.8, 4) is 0 Å². The minimum absolute atomic E-state index is 0.0322. The van der Waals surface area contributed by atoms with Crippen molar-refractivity contribution in [2.24, 2.45) is 5.84 Å². The third-order valence-electron chi connectivity index (χ3n) is 3.30. The second-order valence-corrected chi connectivity index (χ2v) is 5.82. The molecule has 1 heterocycles. The van der Waals surface area contributed by atoms with E-state index in [0.717, 1.165) is 17.6 Å². The van der Waals surface area contributed by atoms with Gasteiger partial charge in [-0.3, -0.25) is 20.8 Å². The number of hydrogen-bond acceptors (Lipinski definition) is 6. The van der Waals surface area contributed by atoms with Gasteiger partial charge in [0.15, 0.2) is 5.82 Å². The van der Waals surface area contributed by atoms with Crippen LogP contribution >= 0.6 is 11.8 Å². The highest BCUT2D eigenvalue weighted by molar-refractivity contribution is 7.99. The molecule has 114 valence electrons. The number of nitrogens with two attached hydrogens (primary N) is 1. The molecule has 1 aliphatic heterocycles. The van der Waals surface area contributed by atoms with E-state index >= 15 is 0 Å².